The summed E-state index contributed by atoms with van der Waals surface area (Å²) >= 11 is 5.22. The number of nitrogens with one attached hydrogen (secondary N) is 1. The van der Waals surface area contributed by atoms with Crippen molar-refractivity contribution < 1.29 is 9.84 Å². The maximum absolute atomic E-state index is 10.3. The number of allylic oxidation sites excluding steroid dienone is 1. The van der Waals surface area contributed by atoms with Crippen LogP contribution in [0.4, 0.5) is 0 Å². The van der Waals surface area contributed by atoms with Gasteiger partial charge in [-0.3, -0.25) is 0 Å². The highest BCUT2D eigenvalue weighted by Crippen LogP contribution is 2.21. The SMILES string of the molecule is C=CCc1cccc(/C=N\n2c(COc3ccccc3)n[nH]c2=S)c1O. The molecule has 0 aliphatic carbocycles. The first kappa shape index (κ1) is 17.6. The Kier molecular flexibility index (Phi) is 5.60. The number of ether oxygens (including phenoxy) is 1. The van der Waals surface area contributed by atoms with Crippen LogP contribution in [0.3, 0.4) is 0 Å². The number of aromatic amines is 1. The van der Waals surface area contributed by atoms with Crippen LogP contribution >= 0.6 is 12.2 Å². The standard InChI is InChI=1S/C19H18N4O2S/c1-2-7-14-8-6-9-15(18(14)24)12-20-23-17(21-22-19(23)26)13-25-16-10-4-3-5-11-16/h2-6,8-12,24H,1,7,13H2,(H,22,26)/b20-12-. The average molecular weight is 366 g/mol. The van der Waals surface area contributed by atoms with Gasteiger partial charge in [0.1, 0.15) is 18.1 Å². The summed E-state index contributed by atoms with van der Waals surface area (Å²) in [5.74, 6) is 1.43. The molecule has 132 valence electrons. The summed E-state index contributed by atoms with van der Waals surface area (Å²) in [5, 5.41) is 21.5. The lowest BCUT2D eigenvalue weighted by Crippen LogP contribution is -2.04. The third-order valence-corrected chi connectivity index (χ3v) is 3.92. The largest absolute Gasteiger partial charge is 0.507 e. The van der Waals surface area contributed by atoms with E-state index in [1.807, 2.05) is 42.5 Å². The van der Waals surface area contributed by atoms with Crippen LogP contribution in [0.1, 0.15) is 17.0 Å². The molecule has 3 rings (SSSR count). The van der Waals surface area contributed by atoms with Crippen molar-refractivity contribution in [2.24, 2.45) is 5.10 Å². The molecule has 0 fully saturated rings. The molecule has 0 unspecified atom stereocenters. The molecule has 0 aliphatic heterocycles. The molecule has 0 spiro atoms. The van der Waals surface area contributed by atoms with Gasteiger partial charge in [-0.1, -0.05) is 36.4 Å². The van der Waals surface area contributed by atoms with Crippen molar-refractivity contribution >= 4 is 18.4 Å². The van der Waals surface area contributed by atoms with E-state index in [9.17, 15) is 5.11 Å². The van der Waals surface area contributed by atoms with Gasteiger partial charge < -0.3 is 9.84 Å². The highest BCUT2D eigenvalue weighted by Gasteiger charge is 2.08. The van der Waals surface area contributed by atoms with Gasteiger partial charge in [0.05, 0.1) is 6.21 Å². The number of para-hydroxylation sites is 2. The van der Waals surface area contributed by atoms with E-state index in [-0.39, 0.29) is 12.4 Å². The predicted molar refractivity (Wildman–Crippen MR) is 103 cm³/mol. The second-order valence-corrected chi connectivity index (χ2v) is 5.84. The molecule has 3 aromatic rings. The number of H-pyrrole nitrogens is 1. The second-order valence-electron chi connectivity index (χ2n) is 5.45. The molecule has 0 saturated carbocycles. The first-order valence-electron chi connectivity index (χ1n) is 7.99. The number of phenols is 1. The molecule has 0 atom stereocenters. The highest BCUT2D eigenvalue weighted by atomic mass is 32.1. The summed E-state index contributed by atoms with van der Waals surface area (Å²) in [6, 6.07) is 14.9. The zero-order valence-corrected chi connectivity index (χ0v) is 14.8. The number of hydrogen-bond donors (Lipinski definition) is 2. The fraction of sp³-hybridized carbons (Fsp3) is 0.105. The van der Waals surface area contributed by atoms with E-state index in [1.54, 1.807) is 18.4 Å². The summed E-state index contributed by atoms with van der Waals surface area (Å²) in [4.78, 5) is 0. The van der Waals surface area contributed by atoms with Gasteiger partial charge in [0.15, 0.2) is 5.82 Å². The second kappa shape index (κ2) is 8.26. The summed E-state index contributed by atoms with van der Waals surface area (Å²) in [7, 11) is 0. The van der Waals surface area contributed by atoms with Gasteiger partial charge >= 0.3 is 0 Å². The molecule has 0 radical (unpaired) electrons. The van der Waals surface area contributed by atoms with Crippen LogP contribution in [-0.2, 0) is 13.0 Å². The number of aromatic hydroxyl groups is 1. The molecule has 1 heterocycles. The Bertz CT molecular complexity index is 977. The van der Waals surface area contributed by atoms with Crippen molar-refractivity contribution in [1.82, 2.24) is 14.9 Å². The zero-order valence-electron chi connectivity index (χ0n) is 14.0. The lowest BCUT2D eigenvalue weighted by molar-refractivity contribution is 0.290. The van der Waals surface area contributed by atoms with Crippen LogP contribution in [0.5, 0.6) is 11.5 Å². The molecule has 6 nitrogen and oxygen atoms in total. The quantitative estimate of drug-likeness (QED) is 0.378. The molecule has 7 heteroatoms. The Morgan fingerprint density at radius 1 is 1.23 bits per heavy atom. The third kappa shape index (κ3) is 4.07. The number of benzene rings is 2. The van der Waals surface area contributed by atoms with Crippen molar-refractivity contribution in [2.45, 2.75) is 13.0 Å². The predicted octanol–water partition coefficient (Wildman–Crippen LogP) is 3.84. The molecule has 0 bridgehead atoms. The Labute approximate surface area is 156 Å². The molecular formula is C19H18N4O2S. The van der Waals surface area contributed by atoms with Crippen molar-refractivity contribution in [3.05, 3.63) is 82.9 Å². The number of hydrogen-bond acceptors (Lipinski definition) is 5. The van der Waals surface area contributed by atoms with Gasteiger partial charge in [-0.2, -0.15) is 14.9 Å². The average Bonchev–Trinajstić information content (AvgIpc) is 3.01. The lowest BCUT2D eigenvalue weighted by atomic mass is 10.1. The number of aromatic nitrogens is 3. The molecule has 0 amide bonds. The van der Waals surface area contributed by atoms with E-state index >= 15 is 0 Å². The smallest absolute Gasteiger partial charge is 0.216 e. The van der Waals surface area contributed by atoms with Crippen LogP contribution in [0.2, 0.25) is 0 Å². The monoisotopic (exact) mass is 366 g/mol. The summed E-state index contributed by atoms with van der Waals surface area (Å²) < 4.78 is 7.50. The first-order chi connectivity index (χ1) is 12.7. The molecule has 0 saturated heterocycles. The Balaban J connectivity index is 1.81. The van der Waals surface area contributed by atoms with E-state index in [2.05, 4.69) is 21.9 Å². The van der Waals surface area contributed by atoms with Crippen LogP contribution in [0, 0.1) is 4.77 Å². The minimum Gasteiger partial charge on any atom is -0.507 e. The van der Waals surface area contributed by atoms with Gasteiger partial charge in [0.2, 0.25) is 4.77 Å². The van der Waals surface area contributed by atoms with E-state index < -0.39 is 0 Å². The fourth-order valence-electron chi connectivity index (χ4n) is 2.36. The zero-order chi connectivity index (χ0) is 18.4. The summed E-state index contributed by atoms with van der Waals surface area (Å²) in [6.45, 7) is 3.90. The lowest BCUT2D eigenvalue weighted by Gasteiger charge is -2.06. The van der Waals surface area contributed by atoms with Crippen LogP contribution in [0.15, 0.2) is 66.3 Å². The van der Waals surface area contributed by atoms with Crippen molar-refractivity contribution in [2.75, 3.05) is 0 Å². The van der Waals surface area contributed by atoms with Gasteiger partial charge in [0.25, 0.3) is 0 Å². The number of rotatable bonds is 7. The minimum atomic E-state index is 0.174. The van der Waals surface area contributed by atoms with Crippen molar-refractivity contribution in [1.29, 1.82) is 0 Å². The van der Waals surface area contributed by atoms with E-state index in [4.69, 9.17) is 17.0 Å². The van der Waals surface area contributed by atoms with E-state index in [0.717, 1.165) is 11.3 Å². The fourth-order valence-corrected chi connectivity index (χ4v) is 2.56. The van der Waals surface area contributed by atoms with Gasteiger partial charge in [-0.05, 0) is 42.4 Å². The maximum Gasteiger partial charge on any atom is 0.216 e. The Hall–Kier alpha value is -3.19. The summed E-state index contributed by atoms with van der Waals surface area (Å²) in [5.41, 5.74) is 1.37. The normalized spacial score (nSPS) is 10.9. The van der Waals surface area contributed by atoms with Gasteiger partial charge in [0, 0.05) is 5.56 Å². The topological polar surface area (TPSA) is 75.4 Å². The van der Waals surface area contributed by atoms with Crippen LogP contribution in [0.25, 0.3) is 0 Å². The van der Waals surface area contributed by atoms with E-state index in [0.29, 0.717) is 22.6 Å². The van der Waals surface area contributed by atoms with Crippen LogP contribution < -0.4 is 4.74 Å². The highest BCUT2D eigenvalue weighted by molar-refractivity contribution is 7.71. The van der Waals surface area contributed by atoms with Crippen molar-refractivity contribution in [3.63, 3.8) is 0 Å². The molecule has 2 N–H and O–H groups in total. The van der Waals surface area contributed by atoms with E-state index in [1.165, 1.54) is 4.68 Å². The van der Waals surface area contributed by atoms with Gasteiger partial charge in [-0.15, -0.1) is 6.58 Å². The van der Waals surface area contributed by atoms with Crippen molar-refractivity contribution in [3.8, 4) is 11.5 Å². The Morgan fingerprint density at radius 2 is 2.04 bits per heavy atom. The molecule has 1 aromatic heterocycles. The van der Waals surface area contributed by atoms with Crippen LogP contribution in [-0.4, -0.2) is 26.2 Å². The summed E-state index contributed by atoms with van der Waals surface area (Å²) in [6.07, 6.45) is 3.86. The molecule has 0 aliphatic rings. The molecule has 2 aromatic carbocycles. The molecule has 26 heavy (non-hydrogen) atoms. The third-order valence-electron chi connectivity index (χ3n) is 3.66. The van der Waals surface area contributed by atoms with Gasteiger partial charge in [-0.25, -0.2) is 5.10 Å². The Morgan fingerprint density at radius 3 is 2.81 bits per heavy atom. The number of nitrogens with zero attached hydrogens (tertiary/aromatic N) is 3. The maximum atomic E-state index is 10.3. The first-order valence-corrected chi connectivity index (χ1v) is 8.40. The number of phenolic OH excluding ortho intramolecular Hbond substituents is 1. The molecular weight excluding hydrogens is 348 g/mol. The minimum absolute atomic E-state index is 0.174.